The van der Waals surface area contributed by atoms with E-state index < -0.39 is 17.5 Å². The lowest BCUT2D eigenvalue weighted by molar-refractivity contribution is -0.171. The first-order valence-corrected chi connectivity index (χ1v) is 7.52. The Morgan fingerprint density at radius 3 is 1.70 bits per heavy atom. The normalized spacial score (nSPS) is 12.2. The molecule has 0 saturated carbocycles. The molecule has 20 heavy (non-hydrogen) atoms. The Kier molecular flexibility index (Phi) is 7.84. The molecule has 0 spiro atoms. The fourth-order valence-electron chi connectivity index (χ4n) is 2.62. The Balaban J connectivity index is 4.97. The Morgan fingerprint density at radius 2 is 1.40 bits per heavy atom. The van der Waals surface area contributed by atoms with Crippen molar-refractivity contribution in [3.05, 3.63) is 0 Å². The summed E-state index contributed by atoms with van der Waals surface area (Å²) in [4.78, 5) is 22.5. The van der Waals surface area contributed by atoms with Gasteiger partial charge in [-0.25, -0.2) is 0 Å². The lowest BCUT2D eigenvalue weighted by Gasteiger charge is -2.40. The Labute approximate surface area is 122 Å². The van der Waals surface area contributed by atoms with Gasteiger partial charge in [0.25, 0.3) is 0 Å². The molecule has 0 radical (unpaired) electrons. The highest BCUT2D eigenvalue weighted by Crippen LogP contribution is 2.36. The standard InChI is InChI=1S/C16H30O4/c1-11(2)9-16(13(5)6,10-12(3)4)20-15(19)8-7-14(17)18/h11-13H,7-10H2,1-6H3,(H,17,18). The highest BCUT2D eigenvalue weighted by atomic mass is 16.6. The number of aliphatic carboxylic acids is 1. The van der Waals surface area contributed by atoms with Gasteiger partial charge in [0.05, 0.1) is 12.8 Å². The van der Waals surface area contributed by atoms with Crippen LogP contribution in [0, 0.1) is 17.8 Å². The summed E-state index contributed by atoms with van der Waals surface area (Å²) in [5, 5.41) is 8.65. The first-order valence-electron chi connectivity index (χ1n) is 7.52. The number of esters is 1. The summed E-state index contributed by atoms with van der Waals surface area (Å²) >= 11 is 0. The highest BCUT2D eigenvalue weighted by Gasteiger charge is 2.38. The quantitative estimate of drug-likeness (QED) is 0.653. The zero-order valence-corrected chi connectivity index (χ0v) is 13.7. The van der Waals surface area contributed by atoms with E-state index in [9.17, 15) is 9.59 Å². The topological polar surface area (TPSA) is 63.6 Å². The highest BCUT2D eigenvalue weighted by molar-refractivity contribution is 5.76. The van der Waals surface area contributed by atoms with Gasteiger partial charge in [0.15, 0.2) is 0 Å². The molecule has 0 amide bonds. The number of ether oxygens (including phenoxy) is 1. The maximum atomic E-state index is 11.9. The Bertz CT molecular complexity index is 308. The predicted octanol–water partition coefficient (Wildman–Crippen LogP) is 3.88. The molecule has 0 aliphatic heterocycles. The second-order valence-electron chi connectivity index (χ2n) is 6.78. The molecule has 0 aliphatic rings. The van der Waals surface area contributed by atoms with Crippen molar-refractivity contribution < 1.29 is 19.4 Å². The van der Waals surface area contributed by atoms with Gasteiger partial charge in [-0.05, 0) is 30.6 Å². The van der Waals surface area contributed by atoms with Crippen molar-refractivity contribution in [2.45, 2.75) is 72.8 Å². The third kappa shape index (κ3) is 6.92. The van der Waals surface area contributed by atoms with Crippen LogP contribution in [0.5, 0.6) is 0 Å². The molecule has 0 aliphatic carbocycles. The first kappa shape index (κ1) is 18.9. The van der Waals surface area contributed by atoms with E-state index in [0.29, 0.717) is 11.8 Å². The van der Waals surface area contributed by atoms with Crippen LogP contribution in [0.3, 0.4) is 0 Å². The number of rotatable bonds is 9. The predicted molar refractivity (Wildman–Crippen MR) is 79.4 cm³/mol. The SMILES string of the molecule is CC(C)CC(CC(C)C)(OC(=O)CCC(=O)O)C(C)C. The van der Waals surface area contributed by atoms with Crippen LogP contribution in [0.2, 0.25) is 0 Å². The molecule has 0 bridgehead atoms. The molecule has 0 aromatic carbocycles. The van der Waals surface area contributed by atoms with E-state index in [1.54, 1.807) is 0 Å². The minimum absolute atomic E-state index is 0.0556. The molecule has 0 rings (SSSR count). The van der Waals surface area contributed by atoms with Crippen LogP contribution in [-0.4, -0.2) is 22.6 Å². The van der Waals surface area contributed by atoms with Crippen molar-refractivity contribution in [3.8, 4) is 0 Å². The van der Waals surface area contributed by atoms with Crippen molar-refractivity contribution in [2.75, 3.05) is 0 Å². The van der Waals surface area contributed by atoms with Gasteiger partial charge < -0.3 is 9.84 Å². The fourth-order valence-corrected chi connectivity index (χ4v) is 2.62. The molecular formula is C16H30O4. The summed E-state index contributed by atoms with van der Waals surface area (Å²) in [5.74, 6) is -0.319. The van der Waals surface area contributed by atoms with Crippen LogP contribution in [-0.2, 0) is 14.3 Å². The minimum Gasteiger partial charge on any atom is -0.481 e. The van der Waals surface area contributed by atoms with Gasteiger partial charge in [-0.2, -0.15) is 0 Å². The van der Waals surface area contributed by atoms with Crippen LogP contribution in [0.15, 0.2) is 0 Å². The first-order chi connectivity index (χ1) is 9.09. The number of hydrogen-bond acceptors (Lipinski definition) is 3. The van der Waals surface area contributed by atoms with Crippen LogP contribution in [0.1, 0.15) is 67.2 Å². The van der Waals surface area contributed by atoms with Gasteiger partial charge >= 0.3 is 11.9 Å². The molecule has 0 aromatic heterocycles. The van der Waals surface area contributed by atoms with Crippen molar-refractivity contribution in [1.29, 1.82) is 0 Å². The zero-order valence-electron chi connectivity index (χ0n) is 13.7. The lowest BCUT2D eigenvalue weighted by Crippen LogP contribution is -2.43. The molecule has 4 nitrogen and oxygen atoms in total. The number of carboxylic acid groups (broad SMARTS) is 1. The largest absolute Gasteiger partial charge is 0.481 e. The molecule has 118 valence electrons. The van der Waals surface area contributed by atoms with E-state index in [0.717, 1.165) is 12.8 Å². The average Bonchev–Trinajstić information content (AvgIpc) is 2.23. The molecule has 0 saturated heterocycles. The Hall–Kier alpha value is -1.06. The van der Waals surface area contributed by atoms with E-state index in [1.807, 2.05) is 0 Å². The summed E-state index contributed by atoms with van der Waals surface area (Å²) in [7, 11) is 0. The molecule has 0 unspecified atom stereocenters. The van der Waals surface area contributed by atoms with Crippen molar-refractivity contribution in [2.24, 2.45) is 17.8 Å². The van der Waals surface area contributed by atoms with Crippen LogP contribution >= 0.6 is 0 Å². The summed E-state index contributed by atoms with van der Waals surface area (Å²) in [6, 6.07) is 0. The Morgan fingerprint density at radius 1 is 0.950 bits per heavy atom. The van der Waals surface area contributed by atoms with Crippen molar-refractivity contribution in [3.63, 3.8) is 0 Å². The molecule has 1 N–H and O–H groups in total. The maximum Gasteiger partial charge on any atom is 0.306 e. The van der Waals surface area contributed by atoms with Crippen LogP contribution in [0.4, 0.5) is 0 Å². The lowest BCUT2D eigenvalue weighted by atomic mass is 9.77. The second-order valence-corrected chi connectivity index (χ2v) is 6.78. The van der Waals surface area contributed by atoms with Gasteiger partial charge in [-0.15, -0.1) is 0 Å². The van der Waals surface area contributed by atoms with Gasteiger partial charge in [0.1, 0.15) is 5.60 Å². The molecule has 4 heteroatoms. The molecule has 0 aromatic rings. The van der Waals surface area contributed by atoms with E-state index >= 15 is 0 Å². The van der Waals surface area contributed by atoms with E-state index in [4.69, 9.17) is 9.84 Å². The summed E-state index contributed by atoms with van der Waals surface area (Å²) in [6.07, 6.45) is 1.39. The average molecular weight is 286 g/mol. The van der Waals surface area contributed by atoms with E-state index in [1.165, 1.54) is 0 Å². The third-order valence-electron chi connectivity index (χ3n) is 3.42. The molecule has 0 heterocycles. The van der Waals surface area contributed by atoms with E-state index in [2.05, 4.69) is 41.5 Å². The molecular weight excluding hydrogens is 256 g/mol. The van der Waals surface area contributed by atoms with Gasteiger partial charge in [-0.1, -0.05) is 41.5 Å². The van der Waals surface area contributed by atoms with Gasteiger partial charge in [0, 0.05) is 0 Å². The van der Waals surface area contributed by atoms with E-state index in [-0.39, 0.29) is 18.8 Å². The fraction of sp³-hybridized carbons (Fsp3) is 0.875. The van der Waals surface area contributed by atoms with Gasteiger partial charge in [-0.3, -0.25) is 9.59 Å². The summed E-state index contributed by atoms with van der Waals surface area (Å²) in [5.41, 5.74) is -0.488. The number of carboxylic acids is 1. The number of carbonyl (C=O) groups is 2. The van der Waals surface area contributed by atoms with Crippen molar-refractivity contribution in [1.82, 2.24) is 0 Å². The van der Waals surface area contributed by atoms with Crippen LogP contribution in [0.25, 0.3) is 0 Å². The van der Waals surface area contributed by atoms with Crippen LogP contribution < -0.4 is 0 Å². The third-order valence-corrected chi connectivity index (χ3v) is 3.42. The number of carbonyl (C=O) groups excluding carboxylic acids is 1. The summed E-state index contributed by atoms with van der Waals surface area (Å²) in [6.45, 7) is 12.6. The molecule has 0 fully saturated rings. The van der Waals surface area contributed by atoms with Crippen molar-refractivity contribution >= 4 is 11.9 Å². The minimum atomic E-state index is -0.968. The second kappa shape index (κ2) is 8.28. The monoisotopic (exact) mass is 286 g/mol. The van der Waals surface area contributed by atoms with Gasteiger partial charge in [0.2, 0.25) is 0 Å². The summed E-state index contributed by atoms with van der Waals surface area (Å²) < 4.78 is 5.77. The number of hydrogen-bond donors (Lipinski definition) is 1. The maximum absolute atomic E-state index is 11.9. The zero-order chi connectivity index (χ0) is 15.9. The molecule has 0 atom stereocenters. The smallest absolute Gasteiger partial charge is 0.306 e.